The van der Waals surface area contributed by atoms with Crippen LogP contribution < -0.4 is 4.90 Å². The van der Waals surface area contributed by atoms with Gasteiger partial charge in [0.2, 0.25) is 0 Å². The van der Waals surface area contributed by atoms with Gasteiger partial charge in [-0.05, 0) is 23.8 Å². The molecule has 0 saturated carbocycles. The van der Waals surface area contributed by atoms with Gasteiger partial charge in [-0.2, -0.15) is 0 Å². The number of anilines is 1. The standard InChI is InChI=1S/C21H23N5O3S/c1-14-13-25-20(19(23-21(25)30-14)16-4-2-3-7-22-16)15-5-6-17(18(12-15)26(27)28)24-8-10-29-11-9-24/h2-7,12,14,19-20H,8-11,13H2,1H3/t14-,19-,20+/m1/s1. The summed E-state index contributed by atoms with van der Waals surface area (Å²) in [6.07, 6.45) is 1.77. The average molecular weight is 426 g/mol. The molecule has 30 heavy (non-hydrogen) atoms. The number of nitro groups is 1. The Bertz CT molecular complexity index is 980. The summed E-state index contributed by atoms with van der Waals surface area (Å²) in [7, 11) is 0. The molecule has 1 aromatic heterocycles. The van der Waals surface area contributed by atoms with E-state index >= 15 is 0 Å². The number of aromatic nitrogens is 1. The van der Waals surface area contributed by atoms with E-state index < -0.39 is 0 Å². The molecule has 0 N–H and O–H groups in total. The summed E-state index contributed by atoms with van der Waals surface area (Å²) in [4.78, 5) is 25.5. The lowest BCUT2D eigenvalue weighted by Gasteiger charge is -2.30. The summed E-state index contributed by atoms with van der Waals surface area (Å²) in [5.74, 6) is 0. The number of benzene rings is 1. The normalized spacial score (nSPS) is 25.9. The molecule has 9 heteroatoms. The van der Waals surface area contributed by atoms with Gasteiger partial charge >= 0.3 is 0 Å². The molecule has 1 aromatic carbocycles. The number of ether oxygens (including phenoxy) is 1. The second kappa shape index (κ2) is 7.88. The van der Waals surface area contributed by atoms with E-state index in [4.69, 9.17) is 9.73 Å². The quantitative estimate of drug-likeness (QED) is 0.548. The van der Waals surface area contributed by atoms with Crippen molar-refractivity contribution in [2.45, 2.75) is 24.3 Å². The highest BCUT2D eigenvalue weighted by atomic mass is 32.2. The van der Waals surface area contributed by atoms with E-state index in [0.29, 0.717) is 37.2 Å². The molecule has 0 spiro atoms. The summed E-state index contributed by atoms with van der Waals surface area (Å²) < 4.78 is 5.40. The van der Waals surface area contributed by atoms with Crippen LogP contribution in [-0.2, 0) is 4.74 Å². The topological polar surface area (TPSA) is 84.1 Å². The van der Waals surface area contributed by atoms with Crippen molar-refractivity contribution in [1.29, 1.82) is 0 Å². The summed E-state index contributed by atoms with van der Waals surface area (Å²) >= 11 is 1.76. The van der Waals surface area contributed by atoms with E-state index in [9.17, 15) is 10.1 Å². The van der Waals surface area contributed by atoms with Crippen LogP contribution in [0.3, 0.4) is 0 Å². The molecular weight excluding hydrogens is 402 g/mol. The van der Waals surface area contributed by atoms with Gasteiger partial charge in [-0.3, -0.25) is 20.1 Å². The highest BCUT2D eigenvalue weighted by Gasteiger charge is 2.44. The van der Waals surface area contributed by atoms with Crippen LogP contribution in [0.1, 0.15) is 30.3 Å². The number of hydrogen-bond donors (Lipinski definition) is 0. The number of nitrogens with zero attached hydrogens (tertiary/aromatic N) is 5. The van der Waals surface area contributed by atoms with Gasteiger partial charge in [-0.25, -0.2) is 0 Å². The van der Waals surface area contributed by atoms with Crippen molar-refractivity contribution in [2.75, 3.05) is 37.7 Å². The number of thioether (sulfide) groups is 1. The SMILES string of the molecule is C[C@@H]1CN2C(=N[C@H](c3ccccn3)[C@@H]2c2ccc(N3CCOCC3)c([N+](=O)[O-])c2)S1. The number of rotatable bonds is 4. The van der Waals surface area contributed by atoms with Crippen molar-refractivity contribution < 1.29 is 9.66 Å². The molecule has 3 aliphatic rings. The molecule has 2 aromatic rings. The Morgan fingerprint density at radius 2 is 2.07 bits per heavy atom. The van der Waals surface area contributed by atoms with Crippen molar-refractivity contribution in [2.24, 2.45) is 4.99 Å². The van der Waals surface area contributed by atoms with Crippen LogP contribution in [0.25, 0.3) is 0 Å². The van der Waals surface area contributed by atoms with Crippen LogP contribution >= 0.6 is 11.8 Å². The van der Waals surface area contributed by atoms with Crippen LogP contribution in [0, 0.1) is 10.1 Å². The van der Waals surface area contributed by atoms with Crippen LogP contribution in [0.2, 0.25) is 0 Å². The van der Waals surface area contributed by atoms with E-state index in [1.807, 2.05) is 35.2 Å². The number of fused-ring (bicyclic) bond motifs is 1. The molecule has 0 bridgehead atoms. The fraction of sp³-hybridized carbons (Fsp3) is 0.429. The average Bonchev–Trinajstić information content (AvgIpc) is 3.30. The third kappa shape index (κ3) is 3.41. The predicted octanol–water partition coefficient (Wildman–Crippen LogP) is 3.42. The fourth-order valence-electron chi connectivity index (χ4n) is 4.42. The Hall–Kier alpha value is -2.65. The molecule has 0 unspecified atom stereocenters. The summed E-state index contributed by atoms with van der Waals surface area (Å²) in [5, 5.41) is 13.4. The molecular formula is C21H23N5O3S. The Labute approximate surface area is 179 Å². The van der Waals surface area contributed by atoms with Gasteiger partial charge in [0.15, 0.2) is 5.17 Å². The molecule has 2 saturated heterocycles. The van der Waals surface area contributed by atoms with Crippen LogP contribution in [0.4, 0.5) is 11.4 Å². The van der Waals surface area contributed by atoms with Gasteiger partial charge in [-0.15, -0.1) is 0 Å². The van der Waals surface area contributed by atoms with Gasteiger partial charge in [0.05, 0.1) is 29.9 Å². The Morgan fingerprint density at radius 3 is 2.80 bits per heavy atom. The molecule has 156 valence electrons. The van der Waals surface area contributed by atoms with Gasteiger partial charge < -0.3 is 14.5 Å². The van der Waals surface area contributed by atoms with Gasteiger partial charge in [0.25, 0.3) is 5.69 Å². The Balaban J connectivity index is 1.55. The summed E-state index contributed by atoms with van der Waals surface area (Å²) in [6.45, 7) is 5.55. The van der Waals surface area contributed by atoms with Gasteiger partial charge in [0.1, 0.15) is 11.7 Å². The van der Waals surface area contributed by atoms with E-state index in [2.05, 4.69) is 16.8 Å². The van der Waals surface area contributed by atoms with E-state index in [0.717, 1.165) is 23.0 Å². The maximum absolute atomic E-state index is 12.0. The smallest absolute Gasteiger partial charge is 0.292 e. The second-order valence-electron chi connectivity index (χ2n) is 7.74. The number of morpholine rings is 1. The first-order valence-corrected chi connectivity index (χ1v) is 11.0. The maximum Gasteiger partial charge on any atom is 0.292 e. The first-order chi connectivity index (χ1) is 14.6. The largest absolute Gasteiger partial charge is 0.378 e. The van der Waals surface area contributed by atoms with Crippen molar-refractivity contribution in [3.05, 3.63) is 64.0 Å². The minimum atomic E-state index is -0.276. The van der Waals surface area contributed by atoms with Gasteiger partial charge in [-0.1, -0.05) is 30.8 Å². The molecule has 4 heterocycles. The van der Waals surface area contributed by atoms with Crippen LogP contribution in [0.5, 0.6) is 0 Å². The first kappa shape index (κ1) is 19.3. The molecule has 3 aliphatic heterocycles. The van der Waals surface area contributed by atoms with Gasteiger partial charge in [0, 0.05) is 37.1 Å². The third-order valence-corrected chi connectivity index (χ3v) is 6.87. The van der Waals surface area contributed by atoms with E-state index in [-0.39, 0.29) is 22.7 Å². The zero-order chi connectivity index (χ0) is 20.7. The minimum Gasteiger partial charge on any atom is -0.378 e. The highest BCUT2D eigenvalue weighted by Crippen LogP contribution is 2.48. The molecule has 0 amide bonds. The first-order valence-electron chi connectivity index (χ1n) is 10.1. The van der Waals surface area contributed by atoms with Crippen LogP contribution in [-0.4, -0.2) is 58.1 Å². The molecule has 5 rings (SSSR count). The Kier molecular flexibility index (Phi) is 5.08. The number of nitro benzene ring substituents is 1. The Morgan fingerprint density at radius 1 is 1.23 bits per heavy atom. The lowest BCUT2D eigenvalue weighted by Crippen LogP contribution is -2.36. The summed E-state index contributed by atoms with van der Waals surface area (Å²) in [5.41, 5.74) is 2.59. The number of aliphatic imine (C=N–C) groups is 1. The second-order valence-corrected chi connectivity index (χ2v) is 9.15. The summed E-state index contributed by atoms with van der Waals surface area (Å²) in [6, 6.07) is 11.2. The minimum absolute atomic E-state index is 0.0928. The fourth-order valence-corrected chi connectivity index (χ4v) is 5.51. The molecule has 2 fully saturated rings. The lowest BCUT2D eigenvalue weighted by molar-refractivity contribution is -0.384. The monoisotopic (exact) mass is 425 g/mol. The zero-order valence-electron chi connectivity index (χ0n) is 16.7. The number of pyridine rings is 1. The van der Waals surface area contributed by atoms with Crippen molar-refractivity contribution >= 4 is 28.3 Å². The van der Waals surface area contributed by atoms with Crippen molar-refractivity contribution in [3.63, 3.8) is 0 Å². The lowest BCUT2D eigenvalue weighted by atomic mass is 9.95. The number of hydrogen-bond acceptors (Lipinski definition) is 8. The molecule has 3 atom stereocenters. The van der Waals surface area contributed by atoms with Crippen LogP contribution in [0.15, 0.2) is 47.6 Å². The number of amidine groups is 1. The zero-order valence-corrected chi connectivity index (χ0v) is 17.5. The van der Waals surface area contributed by atoms with E-state index in [1.165, 1.54) is 0 Å². The molecule has 0 aliphatic carbocycles. The molecule has 8 nitrogen and oxygen atoms in total. The van der Waals surface area contributed by atoms with Crippen molar-refractivity contribution in [1.82, 2.24) is 9.88 Å². The molecule has 0 radical (unpaired) electrons. The maximum atomic E-state index is 12.0. The third-order valence-electron chi connectivity index (χ3n) is 5.77. The highest BCUT2D eigenvalue weighted by molar-refractivity contribution is 8.14. The van der Waals surface area contributed by atoms with E-state index in [1.54, 1.807) is 24.0 Å². The predicted molar refractivity (Wildman–Crippen MR) is 117 cm³/mol. The van der Waals surface area contributed by atoms with Crippen molar-refractivity contribution in [3.8, 4) is 0 Å².